The molecule has 0 unspecified atom stereocenters. The topological polar surface area (TPSA) is 50.1 Å². The molecule has 0 amide bonds. The van der Waals surface area contributed by atoms with Gasteiger partial charge in [-0.05, 0) is 47.4 Å². The first kappa shape index (κ1) is 16.3. The van der Waals surface area contributed by atoms with Crippen LogP contribution in [0.5, 0.6) is 0 Å². The molecule has 1 heterocycles. The van der Waals surface area contributed by atoms with E-state index in [4.69, 9.17) is 34.8 Å². The Bertz CT molecular complexity index is 957. The minimum absolute atomic E-state index is 0.219. The molecular formula is C15H10Cl3N3OS. The van der Waals surface area contributed by atoms with E-state index in [-0.39, 0.29) is 5.69 Å². The molecule has 0 atom stereocenters. The van der Waals surface area contributed by atoms with E-state index in [9.17, 15) is 4.79 Å². The van der Waals surface area contributed by atoms with Gasteiger partial charge in [-0.1, -0.05) is 46.9 Å². The number of aromatic nitrogens is 2. The smallest absolute Gasteiger partial charge is 0.263 e. The van der Waals surface area contributed by atoms with E-state index in [0.29, 0.717) is 32.1 Å². The van der Waals surface area contributed by atoms with Gasteiger partial charge in [-0.15, -0.1) is 0 Å². The largest absolute Gasteiger partial charge is 0.337 e. The van der Waals surface area contributed by atoms with Crippen molar-refractivity contribution in [1.82, 2.24) is 8.94 Å². The second-order valence-corrected chi connectivity index (χ2v) is 6.74. The number of rotatable bonds is 3. The Morgan fingerprint density at radius 2 is 1.78 bits per heavy atom. The van der Waals surface area contributed by atoms with Gasteiger partial charge in [0.25, 0.3) is 0 Å². The summed E-state index contributed by atoms with van der Waals surface area (Å²) >= 11 is 18.9. The van der Waals surface area contributed by atoms with Crippen LogP contribution in [-0.2, 0) is 6.54 Å². The summed E-state index contributed by atoms with van der Waals surface area (Å²) in [6.45, 7) is 0.399. The van der Waals surface area contributed by atoms with E-state index in [1.807, 2.05) is 12.1 Å². The second-order valence-electron chi connectivity index (χ2n) is 4.71. The Morgan fingerprint density at radius 3 is 2.48 bits per heavy atom. The molecule has 0 bridgehead atoms. The van der Waals surface area contributed by atoms with Gasteiger partial charge in [0, 0.05) is 5.02 Å². The summed E-state index contributed by atoms with van der Waals surface area (Å²) < 4.78 is 4.24. The van der Waals surface area contributed by atoms with Crippen molar-refractivity contribution in [1.29, 1.82) is 0 Å². The number of nitrogens with zero attached hydrogens (tertiary/aromatic N) is 2. The first-order chi connectivity index (χ1) is 11.0. The fourth-order valence-electron chi connectivity index (χ4n) is 1.95. The Kier molecular flexibility index (Phi) is 4.92. The van der Waals surface area contributed by atoms with Crippen molar-refractivity contribution in [3.05, 3.63) is 78.4 Å². The third kappa shape index (κ3) is 3.87. The third-order valence-electron chi connectivity index (χ3n) is 3.09. The quantitative estimate of drug-likeness (QED) is 0.709. The van der Waals surface area contributed by atoms with Crippen LogP contribution in [0.2, 0.25) is 15.1 Å². The van der Waals surface area contributed by atoms with Crippen LogP contribution >= 0.6 is 46.3 Å². The van der Waals surface area contributed by atoms with Crippen LogP contribution in [0, 0.1) is 0 Å². The van der Waals surface area contributed by atoms with Gasteiger partial charge < -0.3 is 0 Å². The Balaban J connectivity index is 2.01. The minimum Gasteiger partial charge on any atom is -0.263 e. The van der Waals surface area contributed by atoms with Crippen LogP contribution < -0.4 is 10.5 Å². The number of hydrogen-bond donors (Lipinski definition) is 1. The van der Waals surface area contributed by atoms with Crippen LogP contribution in [0.3, 0.4) is 0 Å². The van der Waals surface area contributed by atoms with Gasteiger partial charge >= 0.3 is 5.69 Å². The zero-order valence-electron chi connectivity index (χ0n) is 11.6. The summed E-state index contributed by atoms with van der Waals surface area (Å²) in [7, 11) is 0. The minimum atomic E-state index is -0.219. The number of H-pyrrole nitrogens is 1. The van der Waals surface area contributed by atoms with Crippen LogP contribution in [-0.4, -0.2) is 8.94 Å². The monoisotopic (exact) mass is 385 g/mol. The van der Waals surface area contributed by atoms with Crippen molar-refractivity contribution in [3.63, 3.8) is 0 Å². The second kappa shape index (κ2) is 6.93. The van der Waals surface area contributed by atoms with E-state index in [1.165, 1.54) is 0 Å². The molecule has 23 heavy (non-hydrogen) atoms. The van der Waals surface area contributed by atoms with Crippen LogP contribution in [0.15, 0.2) is 52.3 Å². The maximum Gasteiger partial charge on any atom is 0.337 e. The lowest BCUT2D eigenvalue weighted by Crippen LogP contribution is -2.26. The van der Waals surface area contributed by atoms with E-state index in [0.717, 1.165) is 17.1 Å². The molecule has 4 nitrogen and oxygen atoms in total. The molecule has 0 radical (unpaired) electrons. The predicted molar refractivity (Wildman–Crippen MR) is 95.2 cm³/mol. The first-order valence-corrected chi connectivity index (χ1v) is 8.50. The lowest BCUT2D eigenvalue weighted by Gasteiger charge is -2.02. The van der Waals surface area contributed by atoms with Gasteiger partial charge in [-0.2, -0.15) is 0 Å². The number of benzene rings is 2. The van der Waals surface area contributed by atoms with Crippen molar-refractivity contribution in [2.45, 2.75) is 6.54 Å². The van der Waals surface area contributed by atoms with Crippen LogP contribution in [0.1, 0.15) is 5.56 Å². The summed E-state index contributed by atoms with van der Waals surface area (Å²) in [4.78, 5) is 17.0. The average Bonchev–Trinajstić information content (AvgIpc) is 2.86. The molecule has 0 saturated heterocycles. The highest BCUT2D eigenvalue weighted by Crippen LogP contribution is 2.26. The highest BCUT2D eigenvalue weighted by molar-refractivity contribution is 7.02. The molecule has 1 aromatic heterocycles. The Morgan fingerprint density at radius 1 is 1.04 bits per heavy atom. The Hall–Kier alpha value is -1.53. The summed E-state index contributed by atoms with van der Waals surface area (Å²) in [6, 6.07) is 12.4. The molecular weight excluding hydrogens is 377 g/mol. The van der Waals surface area contributed by atoms with Crippen molar-refractivity contribution in [2.75, 3.05) is 0 Å². The lowest BCUT2D eigenvalue weighted by molar-refractivity contribution is 0.727. The zero-order valence-corrected chi connectivity index (χ0v) is 14.7. The summed E-state index contributed by atoms with van der Waals surface area (Å²) in [5.41, 5.74) is 1.36. The van der Waals surface area contributed by atoms with E-state index < -0.39 is 0 Å². The Labute approximate surface area is 150 Å². The van der Waals surface area contributed by atoms with Crippen LogP contribution in [0.25, 0.3) is 0 Å². The number of hydrogen-bond acceptors (Lipinski definition) is 3. The number of nitrogens with one attached hydrogen (secondary N) is 1. The molecule has 0 aliphatic rings. The van der Waals surface area contributed by atoms with E-state index in [1.54, 1.807) is 34.9 Å². The van der Waals surface area contributed by atoms with Gasteiger partial charge in [-0.25, -0.2) is 9.79 Å². The SMILES string of the molecule is O=c1[nH]s/c(=N/c2ccc(Cl)c(Cl)c2)n1Cc1ccc(Cl)cc1. The van der Waals surface area contributed by atoms with Gasteiger partial charge in [0.15, 0.2) is 0 Å². The summed E-state index contributed by atoms with van der Waals surface area (Å²) in [6.07, 6.45) is 0. The molecule has 3 rings (SSSR count). The molecule has 0 aliphatic heterocycles. The molecule has 0 fully saturated rings. The van der Waals surface area contributed by atoms with Gasteiger partial charge in [-0.3, -0.25) is 8.94 Å². The highest BCUT2D eigenvalue weighted by Gasteiger charge is 2.05. The highest BCUT2D eigenvalue weighted by atomic mass is 35.5. The molecule has 0 aliphatic carbocycles. The van der Waals surface area contributed by atoms with Crippen LogP contribution in [0.4, 0.5) is 5.69 Å². The number of aromatic amines is 1. The van der Waals surface area contributed by atoms with E-state index in [2.05, 4.69) is 9.37 Å². The lowest BCUT2D eigenvalue weighted by atomic mass is 10.2. The van der Waals surface area contributed by atoms with E-state index >= 15 is 0 Å². The first-order valence-electron chi connectivity index (χ1n) is 6.55. The third-order valence-corrected chi connectivity index (χ3v) is 4.85. The molecule has 1 N–H and O–H groups in total. The predicted octanol–water partition coefficient (Wildman–Crippen LogP) is 4.48. The van der Waals surface area contributed by atoms with Crippen molar-refractivity contribution in [3.8, 4) is 0 Å². The van der Waals surface area contributed by atoms with Crippen molar-refractivity contribution < 1.29 is 0 Å². The zero-order chi connectivity index (χ0) is 16.4. The maximum atomic E-state index is 12.0. The van der Waals surface area contributed by atoms with Gasteiger partial charge in [0.1, 0.15) is 0 Å². The average molecular weight is 387 g/mol. The fourth-order valence-corrected chi connectivity index (χ4v) is 3.06. The van der Waals surface area contributed by atoms with Gasteiger partial charge in [0.05, 0.1) is 22.3 Å². The summed E-state index contributed by atoms with van der Waals surface area (Å²) in [5.74, 6) is 0. The molecule has 2 aromatic carbocycles. The normalized spacial score (nSPS) is 11.9. The maximum absolute atomic E-state index is 12.0. The molecule has 0 saturated carbocycles. The standard InChI is InChI=1S/C15H10Cl3N3OS/c16-10-3-1-9(2-4-10)8-21-14(22)20-23-15(21)19-11-5-6-12(17)13(18)7-11/h1-7H,8H2,(H,20,22)/b19-15+. The van der Waals surface area contributed by atoms with Gasteiger partial charge in [0.2, 0.25) is 4.80 Å². The van der Waals surface area contributed by atoms with Crippen molar-refractivity contribution in [2.24, 2.45) is 4.99 Å². The molecule has 0 spiro atoms. The number of halogens is 3. The molecule has 3 aromatic rings. The molecule has 8 heteroatoms. The summed E-state index contributed by atoms with van der Waals surface area (Å²) in [5, 5.41) is 1.53. The van der Waals surface area contributed by atoms with Crippen molar-refractivity contribution >= 4 is 52.0 Å². The molecule has 118 valence electrons. The fraction of sp³-hybridized carbons (Fsp3) is 0.0667.